The molecule has 0 aromatic heterocycles. The molecular formula is C7H8CuO2S. The monoisotopic (exact) mass is 219 g/mol. The van der Waals surface area contributed by atoms with Crippen molar-refractivity contribution in [2.75, 3.05) is 0 Å². The molecule has 0 amide bonds. The average molecular weight is 220 g/mol. The Balaban J connectivity index is 0.000001000. The molecule has 0 heterocycles. The van der Waals surface area contributed by atoms with Crippen molar-refractivity contribution in [3.05, 3.63) is 29.8 Å². The second-order valence-corrected chi connectivity index (χ2v) is 3.03. The molecule has 0 aliphatic heterocycles. The maximum absolute atomic E-state index is 10.4. The van der Waals surface area contributed by atoms with Crippen molar-refractivity contribution in [2.24, 2.45) is 0 Å². The SMILES string of the molecule is Cc1ccc(S(=O)O)cc1.[Cu]. The van der Waals surface area contributed by atoms with E-state index < -0.39 is 11.1 Å². The Kier molecular flexibility index (Phi) is 4.61. The summed E-state index contributed by atoms with van der Waals surface area (Å²) in [5, 5.41) is 0. The molecule has 1 radical (unpaired) electrons. The number of hydrogen-bond donors (Lipinski definition) is 1. The van der Waals surface area contributed by atoms with Crippen molar-refractivity contribution >= 4 is 11.1 Å². The van der Waals surface area contributed by atoms with Gasteiger partial charge in [-0.25, -0.2) is 4.21 Å². The van der Waals surface area contributed by atoms with Gasteiger partial charge in [-0.05, 0) is 19.1 Å². The molecule has 0 fully saturated rings. The fraction of sp³-hybridized carbons (Fsp3) is 0.143. The zero-order valence-corrected chi connectivity index (χ0v) is 7.63. The fourth-order valence-electron chi connectivity index (χ4n) is 0.655. The summed E-state index contributed by atoms with van der Waals surface area (Å²) in [6.45, 7) is 1.93. The van der Waals surface area contributed by atoms with E-state index in [-0.39, 0.29) is 17.1 Å². The molecule has 1 rings (SSSR count). The first-order chi connectivity index (χ1) is 4.70. The molecule has 4 heteroatoms. The maximum atomic E-state index is 10.4. The number of hydrogen-bond acceptors (Lipinski definition) is 1. The Morgan fingerprint density at radius 1 is 1.27 bits per heavy atom. The fourth-order valence-corrected chi connectivity index (χ4v) is 1.02. The Hall–Kier alpha value is -0.151. The minimum atomic E-state index is -1.84. The Morgan fingerprint density at radius 2 is 1.73 bits per heavy atom. The van der Waals surface area contributed by atoms with Gasteiger partial charge < -0.3 is 4.55 Å². The number of benzene rings is 1. The minimum Gasteiger partial charge on any atom is -0.302 e. The van der Waals surface area contributed by atoms with Crippen molar-refractivity contribution in [1.29, 1.82) is 0 Å². The summed E-state index contributed by atoms with van der Waals surface area (Å²) in [5.74, 6) is 0. The van der Waals surface area contributed by atoms with Crippen LogP contribution in [0.15, 0.2) is 29.2 Å². The molecule has 0 aliphatic carbocycles. The van der Waals surface area contributed by atoms with Crippen molar-refractivity contribution in [3.63, 3.8) is 0 Å². The van der Waals surface area contributed by atoms with Gasteiger partial charge in [0.2, 0.25) is 0 Å². The third kappa shape index (κ3) is 3.16. The van der Waals surface area contributed by atoms with Crippen LogP contribution in [0, 0.1) is 6.92 Å². The average Bonchev–Trinajstić information content (AvgIpc) is 1.88. The van der Waals surface area contributed by atoms with Crippen molar-refractivity contribution < 1.29 is 25.8 Å². The van der Waals surface area contributed by atoms with Crippen LogP contribution >= 0.6 is 0 Å². The van der Waals surface area contributed by atoms with E-state index in [1.165, 1.54) is 0 Å². The topological polar surface area (TPSA) is 37.3 Å². The number of aryl methyl sites for hydroxylation is 1. The van der Waals surface area contributed by atoms with Gasteiger partial charge in [-0.2, -0.15) is 0 Å². The summed E-state index contributed by atoms with van der Waals surface area (Å²) in [6, 6.07) is 6.91. The van der Waals surface area contributed by atoms with Gasteiger partial charge >= 0.3 is 0 Å². The predicted molar refractivity (Wildman–Crippen MR) is 40.2 cm³/mol. The third-order valence-electron chi connectivity index (χ3n) is 1.22. The summed E-state index contributed by atoms with van der Waals surface area (Å²) >= 11 is -1.84. The van der Waals surface area contributed by atoms with Crippen LogP contribution in [0.5, 0.6) is 0 Å². The molecule has 1 aromatic carbocycles. The van der Waals surface area contributed by atoms with E-state index in [0.29, 0.717) is 4.90 Å². The number of rotatable bonds is 1. The van der Waals surface area contributed by atoms with Crippen LogP contribution in [0.2, 0.25) is 0 Å². The first-order valence-corrected chi connectivity index (χ1v) is 3.98. The molecule has 1 aromatic rings. The Morgan fingerprint density at radius 3 is 2.09 bits per heavy atom. The molecule has 11 heavy (non-hydrogen) atoms. The van der Waals surface area contributed by atoms with E-state index in [4.69, 9.17) is 4.55 Å². The van der Waals surface area contributed by atoms with Crippen LogP contribution in [-0.4, -0.2) is 8.76 Å². The summed E-state index contributed by atoms with van der Waals surface area (Å²) in [6.07, 6.45) is 0. The van der Waals surface area contributed by atoms with Gasteiger partial charge in [0.1, 0.15) is 0 Å². The zero-order chi connectivity index (χ0) is 7.56. The summed E-state index contributed by atoms with van der Waals surface area (Å²) in [4.78, 5) is 0.450. The largest absolute Gasteiger partial charge is 0.302 e. The van der Waals surface area contributed by atoms with Crippen molar-refractivity contribution in [3.8, 4) is 0 Å². The first kappa shape index (κ1) is 10.8. The second kappa shape index (κ2) is 4.67. The molecule has 0 bridgehead atoms. The quantitative estimate of drug-likeness (QED) is 0.575. The summed E-state index contributed by atoms with van der Waals surface area (Å²) in [7, 11) is 0. The maximum Gasteiger partial charge on any atom is 0.186 e. The van der Waals surface area contributed by atoms with E-state index in [9.17, 15) is 4.21 Å². The molecule has 1 atom stereocenters. The van der Waals surface area contributed by atoms with Gasteiger partial charge in [0.15, 0.2) is 11.1 Å². The molecule has 0 saturated heterocycles. The normalized spacial score (nSPS) is 11.8. The van der Waals surface area contributed by atoms with E-state index in [2.05, 4.69) is 0 Å². The van der Waals surface area contributed by atoms with Crippen LogP contribution in [-0.2, 0) is 28.1 Å². The third-order valence-corrected chi connectivity index (χ3v) is 1.90. The van der Waals surface area contributed by atoms with E-state index in [1.807, 2.05) is 19.1 Å². The second-order valence-electron chi connectivity index (χ2n) is 2.06. The van der Waals surface area contributed by atoms with Crippen LogP contribution in [0.1, 0.15) is 5.56 Å². The molecule has 65 valence electrons. The smallest absolute Gasteiger partial charge is 0.186 e. The van der Waals surface area contributed by atoms with Gasteiger partial charge in [0.25, 0.3) is 0 Å². The first-order valence-electron chi connectivity index (χ1n) is 2.87. The van der Waals surface area contributed by atoms with Gasteiger partial charge in [-0.1, -0.05) is 17.7 Å². The van der Waals surface area contributed by atoms with Crippen LogP contribution in [0.3, 0.4) is 0 Å². The van der Waals surface area contributed by atoms with Crippen molar-refractivity contribution in [1.82, 2.24) is 0 Å². The Bertz CT molecular complexity index is 245. The standard InChI is InChI=1S/C7H8O2S.Cu/c1-6-2-4-7(5-3-6)10(8)9;/h2-5H,1H3,(H,8,9);. The molecule has 1 unspecified atom stereocenters. The zero-order valence-electron chi connectivity index (χ0n) is 5.87. The predicted octanol–water partition coefficient (Wildman–Crippen LogP) is 1.57. The molecule has 2 nitrogen and oxygen atoms in total. The van der Waals surface area contributed by atoms with E-state index in [0.717, 1.165) is 5.56 Å². The van der Waals surface area contributed by atoms with Gasteiger partial charge in [-0.3, -0.25) is 0 Å². The van der Waals surface area contributed by atoms with Crippen LogP contribution in [0.25, 0.3) is 0 Å². The summed E-state index contributed by atoms with van der Waals surface area (Å²) < 4.78 is 19.0. The van der Waals surface area contributed by atoms with Gasteiger partial charge in [-0.15, -0.1) is 0 Å². The molecule has 0 aliphatic rings. The minimum absolute atomic E-state index is 0. The van der Waals surface area contributed by atoms with E-state index >= 15 is 0 Å². The molecular weight excluding hydrogens is 212 g/mol. The molecule has 1 N–H and O–H groups in total. The van der Waals surface area contributed by atoms with Gasteiger partial charge in [0.05, 0.1) is 4.90 Å². The van der Waals surface area contributed by atoms with Crippen LogP contribution < -0.4 is 0 Å². The van der Waals surface area contributed by atoms with E-state index in [1.54, 1.807) is 12.1 Å². The van der Waals surface area contributed by atoms with Crippen molar-refractivity contribution in [2.45, 2.75) is 11.8 Å². The molecule has 0 saturated carbocycles. The molecule has 0 spiro atoms. The van der Waals surface area contributed by atoms with Gasteiger partial charge in [0, 0.05) is 17.1 Å². The van der Waals surface area contributed by atoms with Crippen LogP contribution in [0.4, 0.5) is 0 Å². The Labute approximate surface area is 78.8 Å². The summed E-state index contributed by atoms with van der Waals surface area (Å²) in [5.41, 5.74) is 1.09.